The first-order chi connectivity index (χ1) is 16.0. The number of carboxylic acid groups (broad SMARTS) is 1. The molecule has 0 aliphatic rings. The van der Waals surface area contributed by atoms with Crippen LogP contribution >= 0.6 is 0 Å². The largest absolute Gasteiger partial charge is 1.00 e. The number of rotatable bonds is 9. The van der Waals surface area contributed by atoms with E-state index in [2.05, 4.69) is 4.98 Å². The molecule has 2 aromatic carbocycles. The van der Waals surface area contributed by atoms with Crippen molar-refractivity contribution >= 4 is 5.97 Å². The molecule has 0 radical (unpaired) electrons. The monoisotopic (exact) mass is 506 g/mol. The molecular weight excluding hydrogens is 486 g/mol. The molecular formula is C23H20F5N2NaO4. The van der Waals surface area contributed by atoms with Crippen LogP contribution in [0.5, 0.6) is 0 Å². The van der Waals surface area contributed by atoms with Gasteiger partial charge in [0.1, 0.15) is 11.6 Å². The van der Waals surface area contributed by atoms with Gasteiger partial charge in [-0.2, -0.15) is 13.2 Å². The summed E-state index contributed by atoms with van der Waals surface area (Å²) in [5.74, 6) is -4.02. The third kappa shape index (κ3) is 7.58. The summed E-state index contributed by atoms with van der Waals surface area (Å²) in [6, 6.07) is 9.35. The van der Waals surface area contributed by atoms with Crippen LogP contribution in [-0.2, 0) is 17.5 Å². The molecule has 12 heteroatoms. The fourth-order valence-electron chi connectivity index (χ4n) is 3.58. The van der Waals surface area contributed by atoms with Crippen LogP contribution in [0, 0.1) is 11.6 Å². The molecule has 3 rings (SSSR count). The predicted molar refractivity (Wildman–Crippen MR) is 109 cm³/mol. The number of halogens is 5. The summed E-state index contributed by atoms with van der Waals surface area (Å²) < 4.78 is 69.4. The fraction of sp³-hybridized carbons (Fsp3) is 0.304. The molecule has 0 amide bonds. The molecule has 0 aliphatic carbocycles. The minimum atomic E-state index is -4.90. The Kier molecular flexibility index (Phi) is 9.99. The number of carboxylic acids is 1. The Morgan fingerprint density at radius 1 is 0.943 bits per heavy atom. The zero-order valence-electron chi connectivity index (χ0n) is 18.6. The molecule has 0 saturated heterocycles. The van der Waals surface area contributed by atoms with Crippen molar-refractivity contribution in [2.75, 3.05) is 0 Å². The first-order valence-electron chi connectivity index (χ1n) is 10.2. The summed E-state index contributed by atoms with van der Waals surface area (Å²) in [7, 11) is 0. The van der Waals surface area contributed by atoms with E-state index in [4.69, 9.17) is 0 Å². The molecule has 2 N–H and O–H groups in total. The van der Waals surface area contributed by atoms with Crippen molar-refractivity contribution in [1.82, 2.24) is 9.55 Å². The molecule has 0 fully saturated rings. The second-order valence-corrected chi connectivity index (χ2v) is 7.70. The van der Waals surface area contributed by atoms with Gasteiger partial charge < -0.3 is 24.7 Å². The minimum absolute atomic E-state index is 0. The molecule has 6 nitrogen and oxygen atoms in total. The van der Waals surface area contributed by atoms with Gasteiger partial charge in [-0.3, -0.25) is 0 Å². The Morgan fingerprint density at radius 3 is 1.94 bits per heavy atom. The normalized spacial score (nSPS) is 13.2. The number of carbonyl (C=O) groups excluding carboxylic acids is 1. The molecule has 0 saturated carbocycles. The van der Waals surface area contributed by atoms with Gasteiger partial charge in [0.15, 0.2) is 0 Å². The summed E-state index contributed by atoms with van der Waals surface area (Å²) in [5, 5.41) is 30.4. The summed E-state index contributed by atoms with van der Waals surface area (Å²) in [4.78, 5) is 14.3. The van der Waals surface area contributed by atoms with Crippen LogP contribution in [-0.4, -0.2) is 37.9 Å². The summed E-state index contributed by atoms with van der Waals surface area (Å²) in [5.41, 5.74) is 0.247. The second kappa shape index (κ2) is 12.1. The van der Waals surface area contributed by atoms with Crippen LogP contribution in [0.15, 0.2) is 48.5 Å². The topological polar surface area (TPSA) is 98.4 Å². The Labute approximate surface area is 219 Å². The number of carbonyl (C=O) groups is 1. The molecule has 1 aromatic heterocycles. The van der Waals surface area contributed by atoms with Gasteiger partial charge in [-0.1, -0.05) is 0 Å². The molecule has 0 bridgehead atoms. The Hall–Kier alpha value is -2.31. The average Bonchev–Trinajstić information content (AvgIpc) is 3.12. The van der Waals surface area contributed by atoms with Crippen molar-refractivity contribution in [2.45, 2.75) is 44.2 Å². The standard InChI is InChI=1S/C23H21F5N2O4.Na/c24-15-5-1-13(2-6-15)20-21(14-3-7-16(25)8-4-14)30(22(29-20)23(26,27)28)10-9-17(31)11-18(32)12-19(33)34;/h1-8,17-18,31-32H,9-12H2,(H,33,34);/q;+1/p-1/t17-,18-;/m1./s1. The number of aliphatic hydroxyl groups excluding tert-OH is 2. The van der Waals surface area contributed by atoms with E-state index < -0.39 is 54.8 Å². The van der Waals surface area contributed by atoms with Crippen molar-refractivity contribution in [2.24, 2.45) is 0 Å². The SMILES string of the molecule is O=C([O-])C[C@H](O)C[C@H](O)CCn1c(C(F)(F)F)nc(-c2ccc(F)cc2)c1-c1ccc(F)cc1.[Na+]. The third-order valence-corrected chi connectivity index (χ3v) is 5.09. The van der Waals surface area contributed by atoms with E-state index in [1.807, 2.05) is 0 Å². The van der Waals surface area contributed by atoms with Crippen LogP contribution in [0.25, 0.3) is 22.5 Å². The summed E-state index contributed by atoms with van der Waals surface area (Å²) in [6.45, 7) is -0.408. The van der Waals surface area contributed by atoms with Crippen molar-refractivity contribution in [3.05, 3.63) is 66.0 Å². The van der Waals surface area contributed by atoms with Crippen LogP contribution in [0.2, 0.25) is 0 Å². The van der Waals surface area contributed by atoms with Crippen molar-refractivity contribution in [3.8, 4) is 22.5 Å². The molecule has 0 spiro atoms. The van der Waals surface area contributed by atoms with E-state index in [-0.39, 0.29) is 64.9 Å². The Morgan fingerprint density at radius 2 is 1.46 bits per heavy atom. The number of hydrogen-bond donors (Lipinski definition) is 2. The molecule has 35 heavy (non-hydrogen) atoms. The van der Waals surface area contributed by atoms with Crippen molar-refractivity contribution in [3.63, 3.8) is 0 Å². The number of aliphatic hydroxyl groups is 2. The third-order valence-electron chi connectivity index (χ3n) is 5.09. The van der Waals surface area contributed by atoms with E-state index in [0.29, 0.717) is 0 Å². The first kappa shape index (κ1) is 28.9. The van der Waals surface area contributed by atoms with E-state index in [0.717, 1.165) is 28.8 Å². The van der Waals surface area contributed by atoms with Gasteiger partial charge in [-0.25, -0.2) is 13.8 Å². The van der Waals surface area contributed by atoms with Crippen molar-refractivity contribution in [1.29, 1.82) is 0 Å². The van der Waals surface area contributed by atoms with E-state index >= 15 is 0 Å². The van der Waals surface area contributed by atoms with Gasteiger partial charge in [0.25, 0.3) is 0 Å². The van der Waals surface area contributed by atoms with E-state index in [1.165, 1.54) is 24.3 Å². The van der Waals surface area contributed by atoms with Gasteiger partial charge in [0, 0.05) is 30.1 Å². The molecule has 0 unspecified atom stereocenters. The van der Waals surface area contributed by atoms with Crippen LogP contribution in [0.4, 0.5) is 22.0 Å². The molecule has 0 aliphatic heterocycles. The fourth-order valence-corrected chi connectivity index (χ4v) is 3.58. The number of aromatic nitrogens is 2. The zero-order chi connectivity index (χ0) is 25.0. The van der Waals surface area contributed by atoms with Crippen molar-refractivity contribution < 1.29 is 71.6 Å². The second-order valence-electron chi connectivity index (χ2n) is 7.70. The van der Waals surface area contributed by atoms with E-state index in [9.17, 15) is 42.1 Å². The maximum absolute atomic E-state index is 13.9. The number of nitrogens with zero attached hydrogens (tertiary/aromatic N) is 2. The van der Waals surface area contributed by atoms with Crippen LogP contribution in [0.3, 0.4) is 0 Å². The summed E-state index contributed by atoms with van der Waals surface area (Å²) >= 11 is 0. The maximum atomic E-state index is 13.9. The van der Waals surface area contributed by atoms with E-state index in [1.54, 1.807) is 0 Å². The number of benzene rings is 2. The number of alkyl halides is 3. The molecule has 182 valence electrons. The number of hydrogen-bond acceptors (Lipinski definition) is 5. The van der Waals surface area contributed by atoms with Gasteiger partial charge in [-0.05, 0) is 61.4 Å². The smallest absolute Gasteiger partial charge is 0.550 e. The minimum Gasteiger partial charge on any atom is -0.550 e. The van der Waals surface area contributed by atoms with Gasteiger partial charge in [-0.15, -0.1) is 0 Å². The van der Waals surface area contributed by atoms with Gasteiger partial charge in [0.2, 0.25) is 5.82 Å². The zero-order valence-corrected chi connectivity index (χ0v) is 20.6. The Balaban J connectivity index is 0.00000432. The molecule has 2 atom stereocenters. The number of imidazole rings is 1. The van der Waals surface area contributed by atoms with Crippen LogP contribution in [0.1, 0.15) is 25.1 Å². The predicted octanol–water partition coefficient (Wildman–Crippen LogP) is 0.160. The maximum Gasteiger partial charge on any atom is 1.00 e. The van der Waals surface area contributed by atoms with Gasteiger partial charge in [0.05, 0.1) is 23.6 Å². The summed E-state index contributed by atoms with van der Waals surface area (Å²) in [6.07, 6.45) is -9.05. The quantitative estimate of drug-likeness (QED) is 0.319. The Bertz CT molecular complexity index is 1130. The first-order valence-corrected chi connectivity index (χ1v) is 10.2. The molecule has 3 aromatic rings. The average molecular weight is 506 g/mol. The van der Waals surface area contributed by atoms with Gasteiger partial charge >= 0.3 is 35.7 Å². The molecule has 1 heterocycles. The number of aliphatic carboxylic acids is 1. The van der Waals surface area contributed by atoms with Crippen LogP contribution < -0.4 is 34.7 Å².